The molecule has 0 aromatic heterocycles. The van der Waals surface area contributed by atoms with Gasteiger partial charge >= 0.3 is 14.8 Å². The number of carbonyl (C=O) groups excluding carboxylic acids is 4. The van der Waals surface area contributed by atoms with Crippen LogP contribution in [0.15, 0.2) is 12.2 Å². The molecular formula is C13H20O8Si. The van der Waals surface area contributed by atoms with Crippen molar-refractivity contribution in [1.29, 1.82) is 0 Å². The SMILES string of the molecule is C=C(C)C(=O)OCCC[Si](OC(C)=O)(OC(C)=O)OC(C)=O. The first kappa shape index (κ1) is 19.8. The van der Waals surface area contributed by atoms with E-state index in [2.05, 4.69) is 6.58 Å². The van der Waals surface area contributed by atoms with Crippen molar-refractivity contribution in [3.63, 3.8) is 0 Å². The second-order valence-electron chi connectivity index (χ2n) is 4.48. The van der Waals surface area contributed by atoms with Crippen LogP contribution < -0.4 is 0 Å². The Kier molecular flexibility index (Phi) is 8.10. The van der Waals surface area contributed by atoms with E-state index in [0.29, 0.717) is 0 Å². The molecule has 0 radical (unpaired) electrons. The highest BCUT2D eigenvalue weighted by molar-refractivity contribution is 6.65. The maximum atomic E-state index is 11.2. The van der Waals surface area contributed by atoms with Crippen LogP contribution >= 0.6 is 0 Å². The van der Waals surface area contributed by atoms with Gasteiger partial charge in [0.1, 0.15) is 0 Å². The second kappa shape index (κ2) is 8.98. The number of carbonyl (C=O) groups is 4. The first-order chi connectivity index (χ1) is 10.1. The Balaban J connectivity index is 4.84. The van der Waals surface area contributed by atoms with Crippen molar-refractivity contribution >= 4 is 32.7 Å². The van der Waals surface area contributed by atoms with Crippen molar-refractivity contribution in [3.05, 3.63) is 12.2 Å². The van der Waals surface area contributed by atoms with Gasteiger partial charge in [-0.1, -0.05) is 6.58 Å². The van der Waals surface area contributed by atoms with Gasteiger partial charge in [0, 0.05) is 26.3 Å². The lowest BCUT2D eigenvalue weighted by atomic mass is 10.4. The zero-order valence-electron chi connectivity index (χ0n) is 13.1. The first-order valence-corrected chi connectivity index (χ1v) is 8.42. The van der Waals surface area contributed by atoms with Crippen LogP contribution in [0.1, 0.15) is 34.1 Å². The van der Waals surface area contributed by atoms with Gasteiger partial charge in [-0.05, 0) is 13.3 Å². The molecule has 0 unspecified atom stereocenters. The fourth-order valence-corrected chi connectivity index (χ4v) is 3.77. The van der Waals surface area contributed by atoms with Gasteiger partial charge in [-0.15, -0.1) is 0 Å². The molecule has 0 N–H and O–H groups in total. The molecule has 0 aromatic rings. The molecule has 0 aliphatic carbocycles. The number of esters is 1. The molecular weight excluding hydrogens is 312 g/mol. The molecule has 0 fully saturated rings. The summed E-state index contributed by atoms with van der Waals surface area (Å²) in [4.78, 5) is 44.8. The lowest BCUT2D eigenvalue weighted by Gasteiger charge is -2.26. The monoisotopic (exact) mass is 332 g/mol. The topological polar surface area (TPSA) is 105 Å². The van der Waals surface area contributed by atoms with Crippen molar-refractivity contribution in [1.82, 2.24) is 0 Å². The smallest absolute Gasteiger partial charge is 0.462 e. The highest BCUT2D eigenvalue weighted by atomic mass is 28.4. The average molecular weight is 332 g/mol. The fourth-order valence-electron chi connectivity index (χ4n) is 1.45. The minimum absolute atomic E-state index is 0.0236. The lowest BCUT2D eigenvalue weighted by Crippen LogP contribution is -2.49. The van der Waals surface area contributed by atoms with Crippen molar-refractivity contribution in [3.8, 4) is 0 Å². The minimum Gasteiger partial charge on any atom is -0.462 e. The van der Waals surface area contributed by atoms with Gasteiger partial charge in [0.25, 0.3) is 17.9 Å². The third kappa shape index (κ3) is 8.20. The predicted molar refractivity (Wildman–Crippen MR) is 76.2 cm³/mol. The standard InChI is InChI=1S/C13H20O8Si/c1-9(2)13(17)18-7-6-8-22(19-10(3)14,20-11(4)15)21-12(5)16/h1,6-8H2,2-5H3. The van der Waals surface area contributed by atoms with Crippen LogP contribution in [-0.4, -0.2) is 39.3 Å². The molecule has 0 saturated heterocycles. The highest BCUT2D eigenvalue weighted by Crippen LogP contribution is 2.19. The van der Waals surface area contributed by atoms with E-state index in [9.17, 15) is 19.2 Å². The molecule has 0 atom stereocenters. The van der Waals surface area contributed by atoms with Crippen LogP contribution in [0.25, 0.3) is 0 Å². The zero-order chi connectivity index (χ0) is 17.3. The summed E-state index contributed by atoms with van der Waals surface area (Å²) >= 11 is 0. The van der Waals surface area contributed by atoms with E-state index in [1.807, 2.05) is 0 Å². The molecule has 0 spiro atoms. The summed E-state index contributed by atoms with van der Waals surface area (Å²) in [5, 5.41) is 0. The Morgan fingerprint density at radius 3 is 1.59 bits per heavy atom. The largest absolute Gasteiger partial charge is 0.705 e. The molecule has 124 valence electrons. The molecule has 0 rings (SSSR count). The maximum absolute atomic E-state index is 11.2. The molecule has 0 heterocycles. The summed E-state index contributed by atoms with van der Waals surface area (Å²) in [7, 11) is -3.85. The van der Waals surface area contributed by atoms with Crippen LogP contribution in [0, 0.1) is 0 Å². The summed E-state index contributed by atoms with van der Waals surface area (Å²) in [6, 6.07) is -0.0464. The Morgan fingerprint density at radius 1 is 0.864 bits per heavy atom. The van der Waals surface area contributed by atoms with Gasteiger partial charge in [-0.2, -0.15) is 0 Å². The summed E-state index contributed by atoms with van der Waals surface area (Å²) in [6.45, 7) is 8.22. The van der Waals surface area contributed by atoms with Gasteiger partial charge in [-0.25, -0.2) is 4.79 Å². The Morgan fingerprint density at radius 2 is 1.27 bits per heavy atom. The molecule has 0 aromatic carbocycles. The fraction of sp³-hybridized carbons (Fsp3) is 0.538. The zero-order valence-corrected chi connectivity index (χ0v) is 14.1. The Bertz CT molecular complexity index is 430. The number of hydrogen-bond acceptors (Lipinski definition) is 8. The second-order valence-corrected chi connectivity index (χ2v) is 6.96. The molecule has 22 heavy (non-hydrogen) atoms. The summed E-state index contributed by atoms with van der Waals surface area (Å²) in [6.07, 6.45) is 0.180. The van der Waals surface area contributed by atoms with Crippen molar-refractivity contribution in [2.45, 2.75) is 40.2 Å². The number of ether oxygens (including phenoxy) is 1. The van der Waals surface area contributed by atoms with Crippen molar-refractivity contribution in [2.24, 2.45) is 0 Å². The minimum atomic E-state index is -3.85. The van der Waals surface area contributed by atoms with Crippen LogP contribution in [0.2, 0.25) is 6.04 Å². The van der Waals surface area contributed by atoms with E-state index in [-0.39, 0.29) is 24.6 Å². The quantitative estimate of drug-likeness (QED) is 0.282. The number of rotatable bonds is 8. The van der Waals surface area contributed by atoms with Crippen LogP contribution in [0.5, 0.6) is 0 Å². The molecule has 0 saturated carbocycles. The van der Waals surface area contributed by atoms with Gasteiger partial charge in [-0.3, -0.25) is 14.4 Å². The van der Waals surface area contributed by atoms with Gasteiger partial charge in [0.05, 0.1) is 12.7 Å². The van der Waals surface area contributed by atoms with E-state index < -0.39 is 32.7 Å². The summed E-state index contributed by atoms with van der Waals surface area (Å²) in [5.41, 5.74) is 0.239. The average Bonchev–Trinajstić information content (AvgIpc) is 2.31. The van der Waals surface area contributed by atoms with E-state index in [4.69, 9.17) is 18.0 Å². The van der Waals surface area contributed by atoms with Crippen molar-refractivity contribution in [2.75, 3.05) is 6.61 Å². The Labute approximate surface area is 129 Å². The van der Waals surface area contributed by atoms with Crippen LogP contribution in [-0.2, 0) is 37.2 Å². The third-order valence-corrected chi connectivity index (χ3v) is 4.87. The summed E-state index contributed by atoms with van der Waals surface area (Å²) < 4.78 is 19.8. The van der Waals surface area contributed by atoms with Crippen molar-refractivity contribution < 1.29 is 37.2 Å². The maximum Gasteiger partial charge on any atom is 0.705 e. The number of hydrogen-bond donors (Lipinski definition) is 0. The highest BCUT2D eigenvalue weighted by Gasteiger charge is 2.51. The predicted octanol–water partition coefficient (Wildman–Crippen LogP) is 1.12. The molecule has 0 amide bonds. The van der Waals surface area contributed by atoms with E-state index >= 15 is 0 Å². The van der Waals surface area contributed by atoms with E-state index in [1.165, 1.54) is 6.92 Å². The molecule has 9 heteroatoms. The lowest BCUT2D eigenvalue weighted by molar-refractivity contribution is -0.148. The van der Waals surface area contributed by atoms with Gasteiger partial charge in [0.15, 0.2) is 0 Å². The molecule has 0 aliphatic rings. The molecule has 0 aliphatic heterocycles. The third-order valence-electron chi connectivity index (χ3n) is 2.11. The van der Waals surface area contributed by atoms with Gasteiger partial charge < -0.3 is 18.0 Å². The Hall–Kier alpha value is -2.16. The normalized spacial score (nSPS) is 10.4. The summed E-state index contributed by atoms with van der Waals surface area (Å²) in [5.74, 6) is -2.80. The first-order valence-electron chi connectivity index (χ1n) is 6.49. The van der Waals surface area contributed by atoms with E-state index in [1.54, 1.807) is 0 Å². The van der Waals surface area contributed by atoms with Crippen LogP contribution in [0.4, 0.5) is 0 Å². The van der Waals surface area contributed by atoms with Crippen LogP contribution in [0.3, 0.4) is 0 Å². The van der Waals surface area contributed by atoms with Gasteiger partial charge in [0.2, 0.25) is 0 Å². The van der Waals surface area contributed by atoms with E-state index in [0.717, 1.165) is 20.8 Å². The molecule has 0 bridgehead atoms. The molecule has 8 nitrogen and oxygen atoms in total.